The van der Waals surface area contributed by atoms with Crippen molar-refractivity contribution in [2.24, 2.45) is 0 Å². The van der Waals surface area contributed by atoms with Crippen LogP contribution < -0.4 is 4.74 Å². The van der Waals surface area contributed by atoms with Crippen molar-refractivity contribution in [1.29, 1.82) is 0 Å². The molecular formula is C9H9BrO3. The maximum absolute atomic E-state index is 10.7. The third kappa shape index (κ3) is 2.21. The molecule has 0 spiro atoms. The summed E-state index contributed by atoms with van der Waals surface area (Å²) in [5.41, 5.74) is 1.18. The lowest BCUT2D eigenvalue weighted by Gasteiger charge is -2.05. The van der Waals surface area contributed by atoms with Crippen molar-refractivity contribution >= 4 is 21.9 Å². The highest BCUT2D eigenvalue weighted by Gasteiger charge is 2.10. The lowest BCUT2D eigenvalue weighted by Crippen LogP contribution is -2.00. The number of hydrogen-bond donors (Lipinski definition) is 1. The summed E-state index contributed by atoms with van der Waals surface area (Å²) >= 11 is 3.28. The van der Waals surface area contributed by atoms with Gasteiger partial charge in [-0.15, -0.1) is 0 Å². The highest BCUT2D eigenvalue weighted by molar-refractivity contribution is 9.08. The van der Waals surface area contributed by atoms with E-state index in [4.69, 9.17) is 9.84 Å². The van der Waals surface area contributed by atoms with E-state index in [2.05, 4.69) is 15.9 Å². The number of rotatable bonds is 3. The second kappa shape index (κ2) is 4.28. The first-order chi connectivity index (χ1) is 6.19. The lowest BCUT2D eigenvalue weighted by molar-refractivity contribution is 0.0693. The minimum absolute atomic E-state index is 0.187. The molecule has 1 N–H and O–H groups in total. The molecule has 0 radical (unpaired) electrons. The third-order valence-corrected chi connectivity index (χ3v) is 2.30. The van der Waals surface area contributed by atoms with Gasteiger partial charge in [-0.3, -0.25) is 0 Å². The molecule has 1 aromatic carbocycles. The summed E-state index contributed by atoms with van der Waals surface area (Å²) in [5.74, 6) is -0.581. The molecule has 4 heteroatoms. The fourth-order valence-electron chi connectivity index (χ4n) is 0.995. The molecule has 13 heavy (non-hydrogen) atoms. The van der Waals surface area contributed by atoms with Crippen molar-refractivity contribution in [3.8, 4) is 5.75 Å². The molecule has 0 heterocycles. The van der Waals surface area contributed by atoms with Crippen molar-refractivity contribution in [3.05, 3.63) is 29.3 Å². The quantitative estimate of drug-likeness (QED) is 0.831. The maximum atomic E-state index is 10.7. The predicted octanol–water partition coefficient (Wildman–Crippen LogP) is 2.29. The first kappa shape index (κ1) is 10.1. The largest absolute Gasteiger partial charge is 0.496 e. The van der Waals surface area contributed by atoms with Crippen LogP contribution in [-0.4, -0.2) is 18.2 Å². The van der Waals surface area contributed by atoms with Crippen LogP contribution >= 0.6 is 15.9 Å². The van der Waals surface area contributed by atoms with E-state index in [0.717, 1.165) is 5.56 Å². The highest BCUT2D eigenvalue weighted by Crippen LogP contribution is 2.21. The van der Waals surface area contributed by atoms with Crippen LogP contribution in [0.25, 0.3) is 0 Å². The Labute approximate surface area is 84.5 Å². The van der Waals surface area contributed by atoms with Gasteiger partial charge in [0.15, 0.2) is 0 Å². The molecule has 0 aliphatic rings. The number of alkyl halides is 1. The first-order valence-electron chi connectivity index (χ1n) is 3.65. The minimum Gasteiger partial charge on any atom is -0.496 e. The van der Waals surface area contributed by atoms with Crippen LogP contribution in [0, 0.1) is 0 Å². The van der Waals surface area contributed by atoms with Gasteiger partial charge in [0, 0.05) is 5.33 Å². The fraction of sp³-hybridized carbons (Fsp3) is 0.222. The number of hydrogen-bond acceptors (Lipinski definition) is 2. The van der Waals surface area contributed by atoms with Gasteiger partial charge in [0.1, 0.15) is 11.3 Å². The summed E-state index contributed by atoms with van der Waals surface area (Å²) < 4.78 is 4.95. The SMILES string of the molecule is COc1cc(CBr)ccc1C(=O)O. The molecule has 0 saturated carbocycles. The van der Waals surface area contributed by atoms with Crippen molar-refractivity contribution in [1.82, 2.24) is 0 Å². The minimum atomic E-state index is -0.974. The van der Waals surface area contributed by atoms with Gasteiger partial charge in [-0.2, -0.15) is 0 Å². The van der Waals surface area contributed by atoms with Crippen molar-refractivity contribution in [2.75, 3.05) is 7.11 Å². The van der Waals surface area contributed by atoms with Crippen molar-refractivity contribution in [2.45, 2.75) is 5.33 Å². The summed E-state index contributed by atoms with van der Waals surface area (Å²) in [6, 6.07) is 5.00. The van der Waals surface area contributed by atoms with Crippen LogP contribution in [0.4, 0.5) is 0 Å². The summed E-state index contributed by atoms with van der Waals surface area (Å²) in [6.45, 7) is 0. The van der Waals surface area contributed by atoms with Crippen LogP contribution in [0.3, 0.4) is 0 Å². The van der Waals surface area contributed by atoms with Crippen LogP contribution in [0.2, 0.25) is 0 Å². The molecule has 0 unspecified atom stereocenters. The summed E-state index contributed by atoms with van der Waals surface area (Å²) in [6.07, 6.45) is 0. The van der Waals surface area contributed by atoms with E-state index >= 15 is 0 Å². The number of carbonyl (C=O) groups is 1. The van der Waals surface area contributed by atoms with E-state index in [1.807, 2.05) is 0 Å². The Balaban J connectivity index is 3.15. The Kier molecular flexibility index (Phi) is 3.31. The van der Waals surface area contributed by atoms with Crippen LogP contribution in [0.1, 0.15) is 15.9 Å². The van der Waals surface area contributed by atoms with Crippen molar-refractivity contribution < 1.29 is 14.6 Å². The first-order valence-corrected chi connectivity index (χ1v) is 4.77. The molecule has 0 aromatic heterocycles. The van der Waals surface area contributed by atoms with E-state index in [-0.39, 0.29) is 5.56 Å². The zero-order chi connectivity index (χ0) is 9.84. The number of methoxy groups -OCH3 is 1. The van der Waals surface area contributed by atoms with Gasteiger partial charge in [-0.05, 0) is 17.7 Å². The van der Waals surface area contributed by atoms with Gasteiger partial charge >= 0.3 is 5.97 Å². The molecule has 1 rings (SSSR count). The molecular weight excluding hydrogens is 236 g/mol. The van der Waals surface area contributed by atoms with E-state index in [0.29, 0.717) is 11.1 Å². The van der Waals surface area contributed by atoms with Crippen LogP contribution in [0.15, 0.2) is 18.2 Å². The number of ether oxygens (including phenoxy) is 1. The monoisotopic (exact) mass is 244 g/mol. The van der Waals surface area contributed by atoms with E-state index in [1.165, 1.54) is 13.2 Å². The lowest BCUT2D eigenvalue weighted by atomic mass is 10.1. The molecule has 1 aromatic rings. The Morgan fingerprint density at radius 2 is 2.31 bits per heavy atom. The maximum Gasteiger partial charge on any atom is 0.339 e. The molecule has 3 nitrogen and oxygen atoms in total. The fourth-order valence-corrected chi connectivity index (χ4v) is 1.34. The Morgan fingerprint density at radius 1 is 1.62 bits per heavy atom. The third-order valence-electron chi connectivity index (χ3n) is 1.65. The Hall–Kier alpha value is -1.03. The average molecular weight is 245 g/mol. The van der Waals surface area contributed by atoms with Crippen LogP contribution in [-0.2, 0) is 5.33 Å². The number of carboxylic acids is 1. The molecule has 0 saturated heterocycles. The van der Waals surface area contributed by atoms with E-state index < -0.39 is 5.97 Å². The highest BCUT2D eigenvalue weighted by atomic mass is 79.9. The van der Waals surface area contributed by atoms with Gasteiger partial charge in [0.2, 0.25) is 0 Å². The van der Waals surface area contributed by atoms with Gasteiger partial charge < -0.3 is 9.84 Å². The number of aromatic carboxylic acids is 1. The Morgan fingerprint density at radius 3 is 2.77 bits per heavy atom. The predicted molar refractivity (Wildman–Crippen MR) is 52.6 cm³/mol. The molecule has 0 amide bonds. The van der Waals surface area contributed by atoms with Gasteiger partial charge in [0.25, 0.3) is 0 Å². The normalized spacial score (nSPS) is 9.69. The molecule has 70 valence electrons. The molecule has 0 aliphatic carbocycles. The van der Waals surface area contributed by atoms with Gasteiger partial charge in [0.05, 0.1) is 7.11 Å². The number of halogens is 1. The van der Waals surface area contributed by atoms with Gasteiger partial charge in [-0.1, -0.05) is 22.0 Å². The van der Waals surface area contributed by atoms with Crippen LogP contribution in [0.5, 0.6) is 5.75 Å². The van der Waals surface area contributed by atoms with Crippen molar-refractivity contribution in [3.63, 3.8) is 0 Å². The van der Waals surface area contributed by atoms with E-state index in [1.54, 1.807) is 12.1 Å². The topological polar surface area (TPSA) is 46.5 Å². The molecule has 0 bridgehead atoms. The summed E-state index contributed by atoms with van der Waals surface area (Å²) in [7, 11) is 1.46. The molecule has 0 aliphatic heterocycles. The van der Waals surface area contributed by atoms with E-state index in [9.17, 15) is 4.79 Å². The zero-order valence-corrected chi connectivity index (χ0v) is 8.67. The second-order valence-electron chi connectivity index (χ2n) is 2.47. The zero-order valence-electron chi connectivity index (χ0n) is 7.08. The Bertz CT molecular complexity index is 323. The van der Waals surface area contributed by atoms with Gasteiger partial charge in [-0.25, -0.2) is 4.79 Å². The average Bonchev–Trinajstić information content (AvgIpc) is 2.16. The number of benzene rings is 1. The molecule has 0 fully saturated rings. The number of carboxylic acid groups (broad SMARTS) is 1. The smallest absolute Gasteiger partial charge is 0.339 e. The second-order valence-corrected chi connectivity index (χ2v) is 3.03. The summed E-state index contributed by atoms with van der Waals surface area (Å²) in [4.78, 5) is 10.7. The molecule has 0 atom stereocenters. The summed E-state index contributed by atoms with van der Waals surface area (Å²) in [5, 5.41) is 9.45. The standard InChI is InChI=1S/C9H9BrO3/c1-13-8-4-6(5-10)2-3-7(8)9(11)12/h2-4H,5H2,1H3,(H,11,12).